The lowest BCUT2D eigenvalue weighted by molar-refractivity contribution is -0.249. The van der Waals surface area contributed by atoms with E-state index < -0.39 is 38.1 Å². The summed E-state index contributed by atoms with van der Waals surface area (Å²) >= 11 is 0. The zero-order valence-electron chi connectivity index (χ0n) is 22.1. The maximum Gasteiger partial charge on any atom is 0.410 e. The molecule has 1 amide bonds. The molecule has 1 aromatic rings. The van der Waals surface area contributed by atoms with Crippen molar-refractivity contribution in [2.24, 2.45) is 0 Å². The largest absolute Gasteiger partial charge is 0.467 e. The Balaban J connectivity index is 1.84. The molecule has 1 aromatic carbocycles. The minimum absolute atomic E-state index is 0.0726. The molecule has 4 rings (SSSR count). The number of aliphatic hydroxyl groups is 1. The highest BCUT2D eigenvalue weighted by Gasteiger charge is 2.72. The maximum absolute atomic E-state index is 12.5. The minimum atomic E-state index is -2.24. The van der Waals surface area contributed by atoms with Crippen LogP contribution in [0.15, 0.2) is 12.1 Å². The molecule has 2 fully saturated rings. The summed E-state index contributed by atoms with van der Waals surface area (Å²) in [7, 11) is 1.85. The topological polar surface area (TPSA) is 116 Å². The number of hydrogen-bond acceptors (Lipinski definition) is 10. The van der Waals surface area contributed by atoms with Gasteiger partial charge in [-0.15, -0.1) is 0 Å². The van der Waals surface area contributed by atoms with E-state index in [4.69, 9.17) is 28.2 Å². The third kappa shape index (κ3) is 4.24. The molecule has 0 spiro atoms. The van der Waals surface area contributed by atoms with Crippen molar-refractivity contribution in [1.82, 2.24) is 4.90 Å². The number of nitrogens with zero attached hydrogens (tertiary/aromatic N) is 2. The Morgan fingerprint density at radius 2 is 1.89 bits per heavy atom. The van der Waals surface area contributed by atoms with Crippen molar-refractivity contribution in [1.29, 1.82) is 0 Å². The molecule has 2 bridgehead atoms. The van der Waals surface area contributed by atoms with Crippen molar-refractivity contribution >= 4 is 26.1 Å². The predicted molar refractivity (Wildman–Crippen MR) is 131 cm³/mol. The standard InChI is InChI=1S/C24H36N2O9Si/c1-23(2,3)36(7,8)34-12-15-19-16(9-14(21(27)31-5)10-18(19)33-13-30-4)25-11-17-20(24(15,29)35-25)26(17)22(28)32-6/h9-10,15,17,20,29H,11-13H2,1-8H3/t15-,17-,20-,24+,26?/m0/s1. The second-order valence-corrected chi connectivity index (χ2v) is 15.7. The van der Waals surface area contributed by atoms with E-state index in [1.807, 2.05) is 0 Å². The van der Waals surface area contributed by atoms with Crippen LogP contribution in [0.5, 0.6) is 5.75 Å². The number of methoxy groups -OCH3 is 3. The van der Waals surface area contributed by atoms with Crippen LogP contribution in [0, 0.1) is 0 Å². The number of esters is 1. The normalized spacial score (nSPS) is 26.6. The molecule has 3 heterocycles. The molecule has 0 aromatic heterocycles. The van der Waals surface area contributed by atoms with Gasteiger partial charge in [-0.1, -0.05) is 20.8 Å². The molecule has 0 radical (unpaired) electrons. The fraction of sp³-hybridized carbons (Fsp3) is 0.667. The molecule has 0 aliphatic carbocycles. The van der Waals surface area contributed by atoms with Crippen LogP contribution >= 0.6 is 0 Å². The van der Waals surface area contributed by atoms with E-state index in [2.05, 4.69) is 33.9 Å². The first-order chi connectivity index (χ1) is 16.8. The number of rotatable bonds is 7. The lowest BCUT2D eigenvalue weighted by Crippen LogP contribution is -2.60. The lowest BCUT2D eigenvalue weighted by Gasteiger charge is -2.49. The molecule has 3 aliphatic rings. The maximum atomic E-state index is 12.5. The summed E-state index contributed by atoms with van der Waals surface area (Å²) in [5.74, 6) is -2.75. The number of carbonyl (C=O) groups is 2. The van der Waals surface area contributed by atoms with Gasteiger partial charge in [-0.25, -0.2) is 19.5 Å². The summed E-state index contributed by atoms with van der Waals surface area (Å²) in [5.41, 5.74) is 1.40. The molecule has 11 nitrogen and oxygen atoms in total. The van der Waals surface area contributed by atoms with Crippen molar-refractivity contribution in [2.75, 3.05) is 46.3 Å². The van der Waals surface area contributed by atoms with Crippen molar-refractivity contribution in [3.8, 4) is 5.75 Å². The van der Waals surface area contributed by atoms with Crippen LogP contribution in [0.4, 0.5) is 10.5 Å². The Bertz CT molecular complexity index is 1040. The Morgan fingerprint density at radius 1 is 1.19 bits per heavy atom. The van der Waals surface area contributed by atoms with Crippen LogP contribution < -0.4 is 9.80 Å². The highest BCUT2D eigenvalue weighted by Crippen LogP contribution is 2.57. The number of amides is 1. The summed E-state index contributed by atoms with van der Waals surface area (Å²) < 4.78 is 27.5. The van der Waals surface area contributed by atoms with Gasteiger partial charge in [-0.3, -0.25) is 4.90 Å². The monoisotopic (exact) mass is 524 g/mol. The van der Waals surface area contributed by atoms with Gasteiger partial charge in [0.05, 0.1) is 44.0 Å². The molecule has 0 saturated carbocycles. The van der Waals surface area contributed by atoms with Crippen molar-refractivity contribution in [3.05, 3.63) is 23.3 Å². The zero-order chi connectivity index (χ0) is 26.6. The van der Waals surface area contributed by atoms with E-state index in [0.29, 0.717) is 17.0 Å². The number of fused-ring (bicyclic) bond motifs is 6. The summed E-state index contributed by atoms with van der Waals surface area (Å²) in [6, 6.07) is 2.25. The Kier molecular flexibility index (Phi) is 6.80. The first-order valence-corrected chi connectivity index (χ1v) is 14.8. The number of hydroxylamine groups is 1. The van der Waals surface area contributed by atoms with Gasteiger partial charge in [-0.05, 0) is 30.3 Å². The third-order valence-electron chi connectivity index (χ3n) is 7.76. The average molecular weight is 525 g/mol. The van der Waals surface area contributed by atoms with Crippen LogP contribution in [0.25, 0.3) is 0 Å². The van der Waals surface area contributed by atoms with E-state index in [-0.39, 0.29) is 36.6 Å². The van der Waals surface area contributed by atoms with Crippen LogP contribution in [-0.2, 0) is 23.5 Å². The molecular weight excluding hydrogens is 488 g/mol. The van der Waals surface area contributed by atoms with Crippen LogP contribution in [0.1, 0.15) is 42.6 Å². The molecule has 36 heavy (non-hydrogen) atoms. The van der Waals surface area contributed by atoms with Gasteiger partial charge in [0.25, 0.3) is 0 Å². The highest BCUT2D eigenvalue weighted by molar-refractivity contribution is 6.74. The first-order valence-electron chi connectivity index (χ1n) is 11.9. The summed E-state index contributed by atoms with van der Waals surface area (Å²) in [5, 5.41) is 13.5. The molecule has 1 N–H and O–H groups in total. The molecule has 3 aliphatic heterocycles. The molecule has 12 heteroatoms. The number of ether oxygens (including phenoxy) is 4. The molecule has 2 saturated heterocycles. The predicted octanol–water partition coefficient (Wildman–Crippen LogP) is 2.83. The Labute approximate surface area is 212 Å². The second kappa shape index (κ2) is 9.17. The van der Waals surface area contributed by atoms with Gasteiger partial charge in [0.1, 0.15) is 11.8 Å². The smallest absolute Gasteiger partial charge is 0.410 e. The number of benzene rings is 1. The molecule has 4 atom stereocenters. The second-order valence-electron chi connectivity index (χ2n) is 10.9. The van der Waals surface area contributed by atoms with Crippen LogP contribution in [0.3, 0.4) is 0 Å². The van der Waals surface area contributed by atoms with Gasteiger partial charge in [0, 0.05) is 19.3 Å². The number of anilines is 1. The van der Waals surface area contributed by atoms with E-state index in [0.717, 1.165) is 0 Å². The lowest BCUT2D eigenvalue weighted by atomic mass is 9.82. The first kappa shape index (κ1) is 26.7. The quantitative estimate of drug-likeness (QED) is 0.247. The summed E-state index contributed by atoms with van der Waals surface area (Å²) in [4.78, 5) is 32.6. The molecule has 200 valence electrons. The SMILES string of the molecule is COCOc1cc(C(=O)OC)cc2c1[C@H](CO[Si](C)(C)C(C)(C)C)[C@@]1(O)ON2C[C@H]2[C@@H]1N2C(=O)OC. The van der Waals surface area contributed by atoms with Gasteiger partial charge in [0.15, 0.2) is 15.1 Å². The fourth-order valence-corrected chi connectivity index (χ4v) is 5.73. The zero-order valence-corrected chi connectivity index (χ0v) is 23.1. The van der Waals surface area contributed by atoms with E-state index in [1.54, 1.807) is 12.1 Å². The summed E-state index contributed by atoms with van der Waals surface area (Å²) in [6.45, 7) is 11.0. The van der Waals surface area contributed by atoms with Crippen molar-refractivity contribution in [2.45, 2.75) is 62.7 Å². The van der Waals surface area contributed by atoms with Crippen LogP contribution in [-0.4, -0.2) is 89.5 Å². The number of hydrogen-bond donors (Lipinski definition) is 1. The fourth-order valence-electron chi connectivity index (χ4n) is 4.72. The summed E-state index contributed by atoms with van der Waals surface area (Å²) in [6.07, 6.45) is -0.546. The highest BCUT2D eigenvalue weighted by atomic mass is 28.4. The van der Waals surface area contributed by atoms with Crippen molar-refractivity contribution < 1.29 is 42.9 Å². The van der Waals surface area contributed by atoms with Gasteiger partial charge < -0.3 is 28.5 Å². The number of carbonyl (C=O) groups excluding carboxylic acids is 2. The van der Waals surface area contributed by atoms with Crippen LogP contribution in [0.2, 0.25) is 18.1 Å². The van der Waals surface area contributed by atoms with Crippen molar-refractivity contribution in [3.63, 3.8) is 0 Å². The van der Waals surface area contributed by atoms with E-state index >= 15 is 0 Å². The molecular formula is C24H36N2O9Si. The van der Waals surface area contributed by atoms with Gasteiger partial charge in [-0.2, -0.15) is 0 Å². The van der Waals surface area contributed by atoms with E-state index in [9.17, 15) is 14.7 Å². The molecule has 0 unspecified atom stereocenters. The Morgan fingerprint density at radius 3 is 2.47 bits per heavy atom. The average Bonchev–Trinajstić information content (AvgIpc) is 3.55. The minimum Gasteiger partial charge on any atom is -0.467 e. The Hall–Kier alpha value is -2.38. The van der Waals surface area contributed by atoms with E-state index in [1.165, 1.54) is 31.3 Å². The van der Waals surface area contributed by atoms with Gasteiger partial charge >= 0.3 is 12.1 Å². The third-order valence-corrected chi connectivity index (χ3v) is 12.3. The van der Waals surface area contributed by atoms with Gasteiger partial charge in [0.2, 0.25) is 5.79 Å².